The maximum Gasteiger partial charge on any atom is 0.339 e. The van der Waals surface area contributed by atoms with Crippen LogP contribution in [0.2, 0.25) is 0 Å². The normalized spacial score (nSPS) is 21.7. The van der Waals surface area contributed by atoms with E-state index in [1.807, 2.05) is 25.2 Å². The van der Waals surface area contributed by atoms with Gasteiger partial charge < -0.3 is 14.9 Å². The highest BCUT2D eigenvalue weighted by molar-refractivity contribution is 5.93. The van der Waals surface area contributed by atoms with Crippen LogP contribution in [0.1, 0.15) is 40.9 Å². The number of carbonyl (C=O) groups is 1. The van der Waals surface area contributed by atoms with Gasteiger partial charge in [0.2, 0.25) is 5.95 Å². The zero-order valence-electron chi connectivity index (χ0n) is 15.1. The number of anilines is 2. The molecule has 1 saturated heterocycles. The molecule has 1 unspecified atom stereocenters. The van der Waals surface area contributed by atoms with Crippen LogP contribution in [-0.4, -0.2) is 53.2 Å². The Bertz CT molecular complexity index is 850. The summed E-state index contributed by atoms with van der Waals surface area (Å²) < 4.78 is 0. The Kier molecular flexibility index (Phi) is 4.01. The average Bonchev–Trinajstić information content (AvgIpc) is 2.99. The number of hydrogen-bond donors (Lipinski definition) is 1. The summed E-state index contributed by atoms with van der Waals surface area (Å²) in [5.74, 6) is 0.359. The van der Waals surface area contributed by atoms with E-state index < -0.39 is 5.97 Å². The number of aromatic nitrogens is 3. The maximum atomic E-state index is 11.6. The fraction of sp³-hybridized carbons (Fsp3) is 0.474. The van der Waals surface area contributed by atoms with Gasteiger partial charge in [-0.15, -0.1) is 0 Å². The Morgan fingerprint density at radius 3 is 2.92 bits per heavy atom. The Hall–Kier alpha value is -2.70. The van der Waals surface area contributed by atoms with Crippen molar-refractivity contribution in [3.05, 3.63) is 41.3 Å². The lowest BCUT2D eigenvalue weighted by Crippen LogP contribution is -2.46. The maximum absolute atomic E-state index is 11.6. The first-order chi connectivity index (χ1) is 12.5. The van der Waals surface area contributed by atoms with Crippen molar-refractivity contribution in [1.29, 1.82) is 0 Å². The number of pyridine rings is 1. The summed E-state index contributed by atoms with van der Waals surface area (Å²) in [7, 11) is 3.90. The second kappa shape index (κ2) is 6.23. The molecule has 7 nitrogen and oxygen atoms in total. The molecule has 2 aromatic heterocycles. The molecular formula is C19H23N5O2. The van der Waals surface area contributed by atoms with Crippen LogP contribution in [0.5, 0.6) is 0 Å². The van der Waals surface area contributed by atoms with Gasteiger partial charge in [-0.05, 0) is 43.4 Å². The summed E-state index contributed by atoms with van der Waals surface area (Å²) in [5.41, 5.74) is 2.57. The van der Waals surface area contributed by atoms with Crippen molar-refractivity contribution in [2.24, 2.45) is 0 Å². The Morgan fingerprint density at radius 1 is 1.31 bits per heavy atom. The second-order valence-corrected chi connectivity index (χ2v) is 7.42. The first-order valence-corrected chi connectivity index (χ1v) is 8.97. The molecule has 1 atom stereocenters. The average molecular weight is 353 g/mol. The molecule has 0 amide bonds. The van der Waals surface area contributed by atoms with Gasteiger partial charge in [0.15, 0.2) is 0 Å². The second-order valence-electron chi connectivity index (χ2n) is 7.42. The Labute approximate surface area is 152 Å². The highest BCUT2D eigenvalue weighted by atomic mass is 16.4. The standard InChI is InChI=1S/C19H23N5O2/c1-23(2)18-21-11-13-6-8-19(15(13)22-18)7-4-10-24(12-19)16-14(17(25)26)5-3-9-20-16/h3,5,9,11H,4,6-8,10,12H2,1-2H3,(H,25,26). The Balaban J connectivity index is 1.71. The molecule has 26 heavy (non-hydrogen) atoms. The fourth-order valence-electron chi connectivity index (χ4n) is 4.27. The monoisotopic (exact) mass is 353 g/mol. The van der Waals surface area contributed by atoms with Crippen LogP contribution in [0.15, 0.2) is 24.5 Å². The minimum Gasteiger partial charge on any atom is -0.478 e. The highest BCUT2D eigenvalue weighted by Gasteiger charge is 2.44. The molecule has 2 aromatic rings. The number of piperidine rings is 1. The third-order valence-electron chi connectivity index (χ3n) is 5.52. The van der Waals surface area contributed by atoms with E-state index in [1.165, 1.54) is 5.56 Å². The lowest BCUT2D eigenvalue weighted by Gasteiger charge is -2.41. The number of hydrogen-bond acceptors (Lipinski definition) is 6. The lowest BCUT2D eigenvalue weighted by atomic mass is 9.77. The van der Waals surface area contributed by atoms with Crippen LogP contribution < -0.4 is 9.80 Å². The number of aryl methyl sites for hydroxylation is 1. The van der Waals surface area contributed by atoms with E-state index in [4.69, 9.17) is 4.98 Å². The summed E-state index contributed by atoms with van der Waals surface area (Å²) in [6, 6.07) is 3.30. The van der Waals surface area contributed by atoms with Crippen molar-refractivity contribution >= 4 is 17.7 Å². The van der Waals surface area contributed by atoms with Crippen molar-refractivity contribution in [3.8, 4) is 0 Å². The van der Waals surface area contributed by atoms with Gasteiger partial charge in [0.25, 0.3) is 0 Å². The third kappa shape index (κ3) is 2.67. The largest absolute Gasteiger partial charge is 0.478 e. The van der Waals surface area contributed by atoms with Crippen molar-refractivity contribution in [2.75, 3.05) is 37.0 Å². The number of rotatable bonds is 3. The zero-order valence-corrected chi connectivity index (χ0v) is 15.1. The summed E-state index contributed by atoms with van der Waals surface area (Å²) in [6.07, 6.45) is 7.68. The smallest absolute Gasteiger partial charge is 0.339 e. The molecular weight excluding hydrogens is 330 g/mol. The van der Waals surface area contributed by atoms with Crippen molar-refractivity contribution in [2.45, 2.75) is 31.1 Å². The molecule has 4 rings (SSSR count). The van der Waals surface area contributed by atoms with E-state index in [0.717, 1.165) is 50.4 Å². The minimum atomic E-state index is -0.934. The van der Waals surface area contributed by atoms with Crippen LogP contribution in [0.25, 0.3) is 0 Å². The highest BCUT2D eigenvalue weighted by Crippen LogP contribution is 2.45. The number of fused-ring (bicyclic) bond motifs is 2. The van der Waals surface area contributed by atoms with Crippen LogP contribution in [0, 0.1) is 0 Å². The number of aromatic carboxylic acids is 1. The molecule has 7 heteroatoms. The summed E-state index contributed by atoms with van der Waals surface area (Å²) in [5, 5.41) is 9.52. The molecule has 1 fully saturated rings. The SMILES string of the molecule is CN(C)c1ncc2c(n1)C1(CCCN(c3ncccc3C(=O)O)C1)CC2. The predicted molar refractivity (Wildman–Crippen MR) is 99.0 cm³/mol. The number of carboxylic acid groups (broad SMARTS) is 1. The van der Waals surface area contributed by atoms with E-state index in [-0.39, 0.29) is 11.0 Å². The molecule has 1 spiro atoms. The predicted octanol–water partition coefficient (Wildman–Crippen LogP) is 2.12. The van der Waals surface area contributed by atoms with Gasteiger partial charge >= 0.3 is 5.97 Å². The summed E-state index contributed by atoms with van der Waals surface area (Å²) in [6.45, 7) is 1.57. The molecule has 1 aliphatic carbocycles. The van der Waals surface area contributed by atoms with Crippen molar-refractivity contribution in [3.63, 3.8) is 0 Å². The molecule has 136 valence electrons. The van der Waals surface area contributed by atoms with Gasteiger partial charge in [0.05, 0.1) is 5.69 Å². The molecule has 0 bridgehead atoms. The van der Waals surface area contributed by atoms with E-state index in [0.29, 0.717) is 5.82 Å². The van der Waals surface area contributed by atoms with Crippen molar-refractivity contribution < 1.29 is 9.90 Å². The van der Waals surface area contributed by atoms with E-state index in [2.05, 4.69) is 14.9 Å². The summed E-state index contributed by atoms with van der Waals surface area (Å²) >= 11 is 0. The van der Waals surface area contributed by atoms with E-state index >= 15 is 0 Å². The van der Waals surface area contributed by atoms with Gasteiger partial charge in [-0.3, -0.25) is 0 Å². The molecule has 2 aliphatic rings. The quantitative estimate of drug-likeness (QED) is 0.905. The van der Waals surface area contributed by atoms with Gasteiger partial charge in [0.1, 0.15) is 11.4 Å². The van der Waals surface area contributed by atoms with E-state index in [1.54, 1.807) is 18.3 Å². The first kappa shape index (κ1) is 16.8. The van der Waals surface area contributed by atoms with E-state index in [9.17, 15) is 9.90 Å². The van der Waals surface area contributed by atoms with Gasteiger partial charge in [0, 0.05) is 45.0 Å². The van der Waals surface area contributed by atoms with Gasteiger partial charge in [-0.2, -0.15) is 0 Å². The van der Waals surface area contributed by atoms with Crippen LogP contribution in [0.3, 0.4) is 0 Å². The zero-order chi connectivity index (χ0) is 18.3. The lowest BCUT2D eigenvalue weighted by molar-refractivity contribution is 0.0697. The Morgan fingerprint density at radius 2 is 2.15 bits per heavy atom. The topological polar surface area (TPSA) is 82.5 Å². The molecule has 0 saturated carbocycles. The molecule has 1 N–H and O–H groups in total. The number of nitrogens with zero attached hydrogens (tertiary/aromatic N) is 5. The third-order valence-corrected chi connectivity index (χ3v) is 5.52. The molecule has 1 aliphatic heterocycles. The van der Waals surface area contributed by atoms with Crippen LogP contribution in [-0.2, 0) is 11.8 Å². The molecule has 0 aromatic carbocycles. The fourth-order valence-corrected chi connectivity index (χ4v) is 4.27. The van der Waals surface area contributed by atoms with Crippen LogP contribution in [0.4, 0.5) is 11.8 Å². The molecule has 0 radical (unpaired) electrons. The van der Waals surface area contributed by atoms with Crippen LogP contribution >= 0.6 is 0 Å². The molecule has 3 heterocycles. The minimum absolute atomic E-state index is 0.0470. The number of carboxylic acids is 1. The van der Waals surface area contributed by atoms with Gasteiger partial charge in [-0.1, -0.05) is 0 Å². The first-order valence-electron chi connectivity index (χ1n) is 8.97. The van der Waals surface area contributed by atoms with Gasteiger partial charge in [-0.25, -0.2) is 19.7 Å². The van der Waals surface area contributed by atoms with Crippen molar-refractivity contribution in [1.82, 2.24) is 15.0 Å². The summed E-state index contributed by atoms with van der Waals surface area (Å²) in [4.78, 5) is 29.4.